The lowest BCUT2D eigenvalue weighted by atomic mass is 10.1. The molecule has 0 aliphatic heterocycles. The van der Waals surface area contributed by atoms with E-state index >= 15 is 0 Å². The summed E-state index contributed by atoms with van der Waals surface area (Å²) in [6.07, 6.45) is 1.04. The second kappa shape index (κ2) is 5.25. The fourth-order valence-electron chi connectivity index (χ4n) is 2.32. The van der Waals surface area contributed by atoms with Crippen LogP contribution in [-0.4, -0.2) is 18.9 Å². The third kappa shape index (κ3) is 3.29. The van der Waals surface area contributed by atoms with Crippen LogP contribution >= 0.6 is 0 Å². The van der Waals surface area contributed by atoms with E-state index in [9.17, 15) is 5.11 Å². The molecule has 0 aromatic heterocycles. The minimum atomic E-state index is -1.31. The maximum atomic E-state index is 9.46. The van der Waals surface area contributed by atoms with Gasteiger partial charge in [-0.05, 0) is 41.5 Å². The summed E-state index contributed by atoms with van der Waals surface area (Å²) in [4.78, 5) is 0. The van der Waals surface area contributed by atoms with Crippen molar-refractivity contribution in [3.63, 3.8) is 0 Å². The van der Waals surface area contributed by atoms with Crippen LogP contribution in [-0.2, 0) is 0 Å². The van der Waals surface area contributed by atoms with Gasteiger partial charge in [0.1, 0.15) is 11.5 Å². The quantitative estimate of drug-likeness (QED) is 0.827. The molecule has 0 aliphatic carbocycles. The van der Waals surface area contributed by atoms with Gasteiger partial charge in [-0.3, -0.25) is 0 Å². The molecule has 2 aromatic carbocycles. The van der Waals surface area contributed by atoms with Crippen molar-refractivity contribution in [1.82, 2.24) is 0 Å². The number of ether oxygens (including phenoxy) is 1. The molecule has 0 spiro atoms. The molecule has 2 nitrogen and oxygen atoms in total. The van der Waals surface area contributed by atoms with Gasteiger partial charge in [0, 0.05) is 0 Å². The number of phenolic OH excluding ortho intramolecular Hbond substituents is 1. The molecule has 0 heterocycles. The molecule has 1 unspecified atom stereocenters. The van der Waals surface area contributed by atoms with Crippen LogP contribution in [0.15, 0.2) is 36.4 Å². The average molecular weight is 274 g/mol. The first-order valence-corrected chi connectivity index (χ1v) is 10.4. The van der Waals surface area contributed by atoms with Crippen molar-refractivity contribution in [3.8, 4) is 11.5 Å². The molecule has 3 heteroatoms. The van der Waals surface area contributed by atoms with Gasteiger partial charge in [-0.1, -0.05) is 38.7 Å². The largest absolute Gasteiger partial charge is 0.508 e. The fourth-order valence-corrected chi connectivity index (χ4v) is 4.04. The summed E-state index contributed by atoms with van der Waals surface area (Å²) >= 11 is 0. The Morgan fingerprint density at radius 2 is 1.68 bits per heavy atom. The van der Waals surface area contributed by atoms with Gasteiger partial charge in [0.2, 0.25) is 0 Å². The molecule has 1 N–H and O–H groups in total. The molecule has 19 heavy (non-hydrogen) atoms. The van der Waals surface area contributed by atoms with E-state index in [0.717, 1.165) is 22.9 Å². The molecule has 0 bridgehead atoms. The topological polar surface area (TPSA) is 29.5 Å². The lowest BCUT2D eigenvalue weighted by Crippen LogP contribution is -2.42. The lowest BCUT2D eigenvalue weighted by molar-refractivity contribution is 0.265. The van der Waals surface area contributed by atoms with Crippen LogP contribution in [0.2, 0.25) is 19.6 Å². The smallest absolute Gasteiger partial charge is 0.119 e. The molecule has 0 saturated carbocycles. The average Bonchev–Trinajstić information content (AvgIpc) is 2.34. The predicted molar refractivity (Wildman–Crippen MR) is 83.7 cm³/mol. The summed E-state index contributed by atoms with van der Waals surface area (Å²) in [6, 6.07) is 11.5. The molecule has 0 radical (unpaired) electrons. The summed E-state index contributed by atoms with van der Waals surface area (Å²) in [5, 5.41) is 11.6. The van der Waals surface area contributed by atoms with E-state index < -0.39 is 8.07 Å². The zero-order valence-corrected chi connectivity index (χ0v) is 13.1. The van der Waals surface area contributed by atoms with Crippen molar-refractivity contribution >= 4 is 18.8 Å². The Morgan fingerprint density at radius 3 is 2.32 bits per heavy atom. The zero-order chi connectivity index (χ0) is 14.0. The molecular formula is C16H22O2Si. The third-order valence-electron chi connectivity index (χ3n) is 3.41. The molecule has 2 rings (SSSR count). The molecule has 0 aliphatic rings. The van der Waals surface area contributed by atoms with Crippen LogP contribution in [0, 0.1) is 0 Å². The first-order chi connectivity index (χ1) is 8.90. The van der Waals surface area contributed by atoms with Gasteiger partial charge in [0.15, 0.2) is 0 Å². The standard InChI is InChI=1S/C16H22O2Si/c1-5-16(19(2,3)4)18-15-9-7-12-10-14(17)8-6-13(12)11-15/h6-11,16-17H,5H2,1-4H3. The van der Waals surface area contributed by atoms with Gasteiger partial charge < -0.3 is 9.84 Å². The first-order valence-electron chi connectivity index (χ1n) is 6.79. The maximum Gasteiger partial charge on any atom is 0.119 e. The highest BCUT2D eigenvalue weighted by molar-refractivity contribution is 6.77. The minimum absolute atomic E-state index is 0.301. The Bertz CT molecular complexity index is 572. The maximum absolute atomic E-state index is 9.46. The molecule has 1 atom stereocenters. The van der Waals surface area contributed by atoms with Gasteiger partial charge in [0.25, 0.3) is 0 Å². The SMILES string of the molecule is CCC(Oc1ccc2cc(O)ccc2c1)[Si](C)(C)C. The van der Waals surface area contributed by atoms with Crippen LogP contribution in [0.25, 0.3) is 10.8 Å². The summed E-state index contributed by atoms with van der Waals surface area (Å²) in [5.41, 5.74) is 0.335. The second-order valence-electron chi connectivity index (χ2n) is 6.07. The van der Waals surface area contributed by atoms with Gasteiger partial charge in [-0.25, -0.2) is 0 Å². The number of hydrogen-bond acceptors (Lipinski definition) is 2. The highest BCUT2D eigenvalue weighted by atomic mass is 28.3. The number of phenols is 1. The van der Waals surface area contributed by atoms with Crippen molar-refractivity contribution in [2.75, 3.05) is 0 Å². The normalized spacial score (nSPS) is 13.5. The van der Waals surface area contributed by atoms with E-state index in [1.165, 1.54) is 0 Å². The first kappa shape index (κ1) is 13.9. The Balaban J connectivity index is 2.29. The van der Waals surface area contributed by atoms with Gasteiger partial charge in [-0.15, -0.1) is 0 Å². The lowest BCUT2D eigenvalue weighted by Gasteiger charge is -2.28. The number of benzene rings is 2. The van der Waals surface area contributed by atoms with E-state index in [2.05, 4.69) is 32.6 Å². The zero-order valence-electron chi connectivity index (χ0n) is 12.1. The van der Waals surface area contributed by atoms with Crippen LogP contribution in [0.3, 0.4) is 0 Å². The molecule has 0 fully saturated rings. The van der Waals surface area contributed by atoms with E-state index in [1.807, 2.05) is 18.2 Å². The monoisotopic (exact) mass is 274 g/mol. The molecule has 0 saturated heterocycles. The highest BCUT2D eigenvalue weighted by Crippen LogP contribution is 2.26. The van der Waals surface area contributed by atoms with Gasteiger partial charge >= 0.3 is 0 Å². The Hall–Kier alpha value is -1.48. The van der Waals surface area contributed by atoms with Crippen molar-refractivity contribution in [3.05, 3.63) is 36.4 Å². The van der Waals surface area contributed by atoms with Crippen LogP contribution < -0.4 is 4.74 Å². The van der Waals surface area contributed by atoms with Crippen molar-refractivity contribution in [1.29, 1.82) is 0 Å². The minimum Gasteiger partial charge on any atom is -0.508 e. The second-order valence-corrected chi connectivity index (χ2v) is 11.5. The highest BCUT2D eigenvalue weighted by Gasteiger charge is 2.27. The molecular weight excluding hydrogens is 252 g/mol. The van der Waals surface area contributed by atoms with E-state index in [4.69, 9.17) is 4.74 Å². The van der Waals surface area contributed by atoms with Gasteiger partial charge in [0.05, 0.1) is 13.8 Å². The summed E-state index contributed by atoms with van der Waals surface area (Å²) in [6.45, 7) is 9.18. The number of rotatable bonds is 4. The van der Waals surface area contributed by atoms with Crippen molar-refractivity contribution in [2.24, 2.45) is 0 Å². The van der Waals surface area contributed by atoms with Crippen LogP contribution in [0.4, 0.5) is 0 Å². The number of fused-ring (bicyclic) bond motifs is 1. The summed E-state index contributed by atoms with van der Waals surface area (Å²) in [7, 11) is -1.31. The van der Waals surface area contributed by atoms with Crippen molar-refractivity contribution in [2.45, 2.75) is 38.7 Å². The third-order valence-corrected chi connectivity index (χ3v) is 5.87. The van der Waals surface area contributed by atoms with Crippen LogP contribution in [0.5, 0.6) is 11.5 Å². The summed E-state index contributed by atoms with van der Waals surface area (Å²) in [5.74, 6) is 1.22. The van der Waals surface area contributed by atoms with Crippen LogP contribution in [0.1, 0.15) is 13.3 Å². The molecule has 0 amide bonds. The Kier molecular flexibility index (Phi) is 3.85. The van der Waals surface area contributed by atoms with E-state index in [0.29, 0.717) is 11.5 Å². The fraction of sp³-hybridized carbons (Fsp3) is 0.375. The summed E-state index contributed by atoms with van der Waals surface area (Å²) < 4.78 is 6.17. The Labute approximate surface area is 116 Å². The Morgan fingerprint density at radius 1 is 1.05 bits per heavy atom. The number of aromatic hydroxyl groups is 1. The van der Waals surface area contributed by atoms with Crippen molar-refractivity contribution < 1.29 is 9.84 Å². The van der Waals surface area contributed by atoms with Gasteiger partial charge in [-0.2, -0.15) is 0 Å². The van der Waals surface area contributed by atoms with E-state index in [-0.39, 0.29) is 0 Å². The molecule has 2 aromatic rings. The van der Waals surface area contributed by atoms with E-state index in [1.54, 1.807) is 12.1 Å². The number of hydrogen-bond donors (Lipinski definition) is 1. The molecule has 102 valence electrons. The predicted octanol–water partition coefficient (Wildman–Crippen LogP) is 4.58.